The molecule has 0 aliphatic rings. The van der Waals surface area contributed by atoms with E-state index < -0.39 is 0 Å². The number of aryl methyl sites for hydroxylation is 1. The van der Waals surface area contributed by atoms with Gasteiger partial charge < -0.3 is 9.72 Å². The largest absolute Gasteiger partial charge is 0.462 e. The molecule has 0 aliphatic heterocycles. The Bertz CT molecular complexity index is 855. The molecule has 0 fully saturated rings. The van der Waals surface area contributed by atoms with Gasteiger partial charge in [-0.2, -0.15) is 0 Å². The molecule has 0 bridgehead atoms. The molecule has 0 amide bonds. The maximum atomic E-state index is 12.1. The van der Waals surface area contributed by atoms with Crippen LogP contribution in [0.25, 0.3) is 22.3 Å². The minimum absolute atomic E-state index is 0.332. The highest BCUT2D eigenvalue weighted by atomic mass is 35.5. The highest BCUT2D eigenvalue weighted by Crippen LogP contribution is 2.26. The fourth-order valence-corrected chi connectivity index (χ4v) is 2.64. The van der Waals surface area contributed by atoms with E-state index in [1.165, 1.54) is 0 Å². The number of pyridine rings is 1. The maximum absolute atomic E-state index is 12.1. The van der Waals surface area contributed by atoms with Crippen LogP contribution in [0.1, 0.15) is 23.0 Å². The number of aromatic nitrogens is 2. The number of nitrogens with zero attached hydrogens (tertiary/aromatic N) is 1. The molecule has 0 radical (unpaired) electrons. The van der Waals surface area contributed by atoms with Gasteiger partial charge in [0, 0.05) is 16.3 Å². The summed E-state index contributed by atoms with van der Waals surface area (Å²) in [5.74, 6) is -0.359. The molecule has 1 aromatic carbocycles. The molecule has 0 unspecified atom stereocenters. The van der Waals surface area contributed by atoms with Crippen LogP contribution in [0.3, 0.4) is 0 Å². The van der Waals surface area contributed by atoms with Gasteiger partial charge in [-0.15, -0.1) is 0 Å². The van der Waals surface area contributed by atoms with Crippen molar-refractivity contribution in [1.82, 2.24) is 9.97 Å². The second kappa shape index (κ2) is 5.81. The zero-order valence-electron chi connectivity index (χ0n) is 12.3. The standard InChI is InChI=1S/C17H15ClN2O2/c1-3-22-17(21)15-10(2)19-14-8-7-13(20-16(14)15)11-5-4-6-12(18)9-11/h4-9,19H,3H2,1-2H3. The van der Waals surface area contributed by atoms with Crippen molar-refractivity contribution in [2.75, 3.05) is 6.61 Å². The zero-order valence-corrected chi connectivity index (χ0v) is 13.1. The molecule has 0 saturated carbocycles. The summed E-state index contributed by atoms with van der Waals surface area (Å²) in [4.78, 5) is 19.9. The van der Waals surface area contributed by atoms with Crippen LogP contribution in [0, 0.1) is 6.92 Å². The first kappa shape index (κ1) is 14.6. The number of hydrogen-bond acceptors (Lipinski definition) is 3. The van der Waals surface area contributed by atoms with E-state index in [2.05, 4.69) is 9.97 Å². The fraction of sp³-hybridized carbons (Fsp3) is 0.176. The van der Waals surface area contributed by atoms with Gasteiger partial charge in [-0.05, 0) is 38.1 Å². The van der Waals surface area contributed by atoms with Crippen LogP contribution in [0.15, 0.2) is 36.4 Å². The van der Waals surface area contributed by atoms with E-state index in [1.807, 2.05) is 43.3 Å². The predicted octanol–water partition coefficient (Wildman–Crippen LogP) is 4.37. The van der Waals surface area contributed by atoms with Gasteiger partial charge in [0.05, 0.1) is 17.8 Å². The van der Waals surface area contributed by atoms with Crippen molar-refractivity contribution in [3.05, 3.63) is 52.7 Å². The molecule has 0 atom stereocenters. The second-order valence-corrected chi connectivity index (χ2v) is 5.38. The van der Waals surface area contributed by atoms with Crippen molar-refractivity contribution in [2.45, 2.75) is 13.8 Å². The van der Waals surface area contributed by atoms with Crippen LogP contribution in [-0.4, -0.2) is 22.5 Å². The van der Waals surface area contributed by atoms with Crippen LogP contribution < -0.4 is 0 Å². The first-order chi connectivity index (χ1) is 10.6. The summed E-state index contributed by atoms with van der Waals surface area (Å²) in [6.07, 6.45) is 0. The van der Waals surface area contributed by atoms with Crippen LogP contribution in [0.4, 0.5) is 0 Å². The highest BCUT2D eigenvalue weighted by molar-refractivity contribution is 6.30. The topological polar surface area (TPSA) is 55.0 Å². The lowest BCUT2D eigenvalue weighted by Gasteiger charge is -2.04. The van der Waals surface area contributed by atoms with Gasteiger partial charge in [0.25, 0.3) is 0 Å². The normalized spacial score (nSPS) is 10.9. The van der Waals surface area contributed by atoms with Crippen molar-refractivity contribution >= 4 is 28.6 Å². The number of ether oxygens (including phenoxy) is 1. The highest BCUT2D eigenvalue weighted by Gasteiger charge is 2.19. The molecule has 4 nitrogen and oxygen atoms in total. The van der Waals surface area contributed by atoms with Gasteiger partial charge in [0.15, 0.2) is 0 Å². The Morgan fingerprint density at radius 2 is 2.14 bits per heavy atom. The van der Waals surface area contributed by atoms with Gasteiger partial charge in [-0.3, -0.25) is 0 Å². The lowest BCUT2D eigenvalue weighted by molar-refractivity contribution is 0.0527. The molecule has 3 aromatic rings. The third kappa shape index (κ3) is 2.57. The van der Waals surface area contributed by atoms with Crippen molar-refractivity contribution in [1.29, 1.82) is 0 Å². The number of rotatable bonds is 3. The number of aromatic amines is 1. The Hall–Kier alpha value is -2.33. The Labute approximate surface area is 133 Å². The predicted molar refractivity (Wildman–Crippen MR) is 87.2 cm³/mol. The van der Waals surface area contributed by atoms with E-state index in [0.29, 0.717) is 22.7 Å². The number of halogens is 1. The van der Waals surface area contributed by atoms with E-state index >= 15 is 0 Å². The number of hydrogen-bond donors (Lipinski definition) is 1. The van der Waals surface area contributed by atoms with Crippen molar-refractivity contribution in [3.63, 3.8) is 0 Å². The van der Waals surface area contributed by atoms with E-state index in [1.54, 1.807) is 6.92 Å². The van der Waals surface area contributed by atoms with Gasteiger partial charge in [-0.1, -0.05) is 23.7 Å². The molecule has 22 heavy (non-hydrogen) atoms. The summed E-state index contributed by atoms with van der Waals surface area (Å²) >= 11 is 6.03. The molecule has 0 spiro atoms. The van der Waals surface area contributed by atoms with E-state index in [-0.39, 0.29) is 5.97 Å². The smallest absolute Gasteiger partial charge is 0.342 e. The van der Waals surface area contributed by atoms with Crippen LogP contribution >= 0.6 is 11.6 Å². The Balaban J connectivity index is 2.16. The van der Waals surface area contributed by atoms with E-state index in [0.717, 1.165) is 22.5 Å². The summed E-state index contributed by atoms with van der Waals surface area (Å²) in [5, 5.41) is 0.648. The lowest BCUT2D eigenvalue weighted by atomic mass is 10.1. The van der Waals surface area contributed by atoms with Gasteiger partial charge in [0.2, 0.25) is 0 Å². The van der Waals surface area contributed by atoms with E-state index in [4.69, 9.17) is 16.3 Å². The third-order valence-corrected chi connectivity index (χ3v) is 3.66. The molecule has 1 N–H and O–H groups in total. The quantitative estimate of drug-likeness (QED) is 0.730. The van der Waals surface area contributed by atoms with Crippen molar-refractivity contribution in [2.24, 2.45) is 0 Å². The van der Waals surface area contributed by atoms with Gasteiger partial charge in [0.1, 0.15) is 11.1 Å². The Morgan fingerprint density at radius 1 is 1.32 bits per heavy atom. The van der Waals surface area contributed by atoms with Gasteiger partial charge >= 0.3 is 5.97 Å². The maximum Gasteiger partial charge on any atom is 0.342 e. The van der Waals surface area contributed by atoms with Gasteiger partial charge in [-0.25, -0.2) is 9.78 Å². The summed E-state index contributed by atoms with van der Waals surface area (Å²) in [7, 11) is 0. The zero-order chi connectivity index (χ0) is 15.7. The van der Waals surface area contributed by atoms with Crippen LogP contribution in [0.5, 0.6) is 0 Å². The van der Waals surface area contributed by atoms with Crippen LogP contribution in [0.2, 0.25) is 5.02 Å². The molecule has 3 rings (SSSR count). The van der Waals surface area contributed by atoms with Crippen molar-refractivity contribution in [3.8, 4) is 11.3 Å². The minimum atomic E-state index is -0.359. The fourth-order valence-electron chi connectivity index (χ4n) is 2.45. The SMILES string of the molecule is CCOC(=O)c1c(C)[nH]c2ccc(-c3cccc(Cl)c3)nc12. The lowest BCUT2D eigenvalue weighted by Crippen LogP contribution is -2.06. The monoisotopic (exact) mass is 314 g/mol. The first-order valence-electron chi connectivity index (χ1n) is 7.02. The number of fused-ring (bicyclic) bond motifs is 1. The number of esters is 1. The molecular formula is C17H15ClN2O2. The van der Waals surface area contributed by atoms with E-state index in [9.17, 15) is 4.79 Å². The number of nitrogens with one attached hydrogen (secondary N) is 1. The number of benzene rings is 1. The molecule has 2 aromatic heterocycles. The molecule has 0 saturated heterocycles. The average molecular weight is 315 g/mol. The molecule has 112 valence electrons. The Kier molecular flexibility index (Phi) is 3.86. The summed E-state index contributed by atoms with van der Waals surface area (Å²) in [5.41, 5.74) is 4.34. The average Bonchev–Trinajstić information content (AvgIpc) is 2.82. The summed E-state index contributed by atoms with van der Waals surface area (Å²) < 4.78 is 5.12. The van der Waals surface area contributed by atoms with Crippen LogP contribution in [-0.2, 0) is 4.74 Å². The number of carbonyl (C=O) groups excluding carboxylic acids is 1. The molecular weight excluding hydrogens is 300 g/mol. The number of H-pyrrole nitrogens is 1. The molecule has 2 heterocycles. The Morgan fingerprint density at radius 3 is 2.86 bits per heavy atom. The first-order valence-corrected chi connectivity index (χ1v) is 7.40. The summed E-state index contributed by atoms with van der Waals surface area (Å²) in [6, 6.07) is 11.3. The molecule has 0 aliphatic carbocycles. The summed E-state index contributed by atoms with van der Waals surface area (Å²) in [6.45, 7) is 3.96. The van der Waals surface area contributed by atoms with Crippen molar-refractivity contribution < 1.29 is 9.53 Å². The second-order valence-electron chi connectivity index (χ2n) is 4.95. The third-order valence-electron chi connectivity index (χ3n) is 3.43. The molecule has 5 heteroatoms. The minimum Gasteiger partial charge on any atom is -0.462 e. The number of carbonyl (C=O) groups is 1.